The van der Waals surface area contributed by atoms with Crippen LogP contribution < -0.4 is 5.73 Å². The van der Waals surface area contributed by atoms with Gasteiger partial charge in [-0.25, -0.2) is 0 Å². The second-order valence-electron chi connectivity index (χ2n) is 3.92. The second kappa shape index (κ2) is 4.88. The number of nitrogens with two attached hydrogens (primary N) is 1. The maximum atomic E-state index is 11.7. The van der Waals surface area contributed by atoms with E-state index in [1.807, 2.05) is 26.0 Å². The Kier molecular flexibility index (Phi) is 4.30. The molecule has 0 amide bonds. The highest BCUT2D eigenvalue weighted by atomic mass is 79.9. The molecular formula is C9H14BrNOS2. The average molecular weight is 296 g/mol. The predicted molar refractivity (Wildman–Crippen MR) is 67.0 cm³/mol. The van der Waals surface area contributed by atoms with E-state index in [-0.39, 0.29) is 5.54 Å². The van der Waals surface area contributed by atoms with Crippen LogP contribution in [0.2, 0.25) is 0 Å². The molecule has 0 radical (unpaired) electrons. The van der Waals surface area contributed by atoms with Gasteiger partial charge in [-0.2, -0.15) is 0 Å². The summed E-state index contributed by atoms with van der Waals surface area (Å²) in [6.07, 6.45) is 0. The molecule has 1 heterocycles. The van der Waals surface area contributed by atoms with Crippen molar-refractivity contribution in [1.82, 2.24) is 0 Å². The molecule has 0 saturated carbocycles. The number of halogens is 1. The van der Waals surface area contributed by atoms with Crippen molar-refractivity contribution >= 4 is 38.1 Å². The SMILES string of the molecule is CC(C)(N)CS(=O)Cc1ccc(Br)s1. The average Bonchev–Trinajstić information content (AvgIpc) is 2.30. The Morgan fingerprint density at radius 1 is 1.57 bits per heavy atom. The van der Waals surface area contributed by atoms with Gasteiger partial charge in [-0.1, -0.05) is 0 Å². The van der Waals surface area contributed by atoms with Crippen LogP contribution in [0.15, 0.2) is 15.9 Å². The van der Waals surface area contributed by atoms with Gasteiger partial charge >= 0.3 is 0 Å². The molecule has 0 fully saturated rings. The maximum Gasteiger partial charge on any atom is 0.0701 e. The Hall–Kier alpha value is 0.290. The molecule has 1 atom stereocenters. The van der Waals surface area contributed by atoms with Gasteiger partial charge in [-0.3, -0.25) is 4.21 Å². The lowest BCUT2D eigenvalue weighted by molar-refractivity contribution is 0.577. The molecule has 5 heteroatoms. The molecule has 2 N–H and O–H groups in total. The van der Waals surface area contributed by atoms with Crippen molar-refractivity contribution in [2.24, 2.45) is 5.73 Å². The van der Waals surface area contributed by atoms with Crippen molar-refractivity contribution in [1.29, 1.82) is 0 Å². The monoisotopic (exact) mass is 295 g/mol. The van der Waals surface area contributed by atoms with Gasteiger partial charge in [-0.15, -0.1) is 11.3 Å². The lowest BCUT2D eigenvalue weighted by Gasteiger charge is -2.16. The van der Waals surface area contributed by atoms with Gasteiger partial charge in [0.15, 0.2) is 0 Å². The van der Waals surface area contributed by atoms with Gasteiger partial charge < -0.3 is 5.73 Å². The molecule has 2 nitrogen and oxygen atoms in total. The molecule has 0 aliphatic heterocycles. The molecule has 80 valence electrons. The molecule has 1 rings (SSSR count). The summed E-state index contributed by atoms with van der Waals surface area (Å²) in [5, 5.41) is 0. The van der Waals surface area contributed by atoms with Crippen molar-refractivity contribution in [2.45, 2.75) is 25.1 Å². The zero-order valence-electron chi connectivity index (χ0n) is 8.25. The Bertz CT molecular complexity index is 330. The van der Waals surface area contributed by atoms with Gasteiger partial charge in [0.05, 0.1) is 9.54 Å². The lowest BCUT2D eigenvalue weighted by atomic mass is 10.1. The van der Waals surface area contributed by atoms with Crippen LogP contribution in [-0.4, -0.2) is 15.5 Å². The van der Waals surface area contributed by atoms with Crippen LogP contribution in [0, 0.1) is 0 Å². The number of rotatable bonds is 4. The molecule has 0 aliphatic rings. The first-order chi connectivity index (χ1) is 6.37. The third kappa shape index (κ3) is 4.68. The van der Waals surface area contributed by atoms with Crippen molar-refractivity contribution in [3.63, 3.8) is 0 Å². The summed E-state index contributed by atoms with van der Waals surface area (Å²) in [4.78, 5) is 1.14. The molecule has 1 aromatic heterocycles. The number of hydrogen-bond acceptors (Lipinski definition) is 3. The van der Waals surface area contributed by atoms with Crippen LogP contribution in [0.4, 0.5) is 0 Å². The van der Waals surface area contributed by atoms with E-state index in [9.17, 15) is 4.21 Å². The van der Waals surface area contributed by atoms with Gasteiger partial charge in [0.2, 0.25) is 0 Å². The van der Waals surface area contributed by atoms with Crippen LogP contribution in [0.5, 0.6) is 0 Å². The standard InChI is InChI=1S/C9H14BrNOS2/c1-9(2,11)6-14(12)5-7-3-4-8(10)13-7/h3-4H,5-6,11H2,1-2H3. The minimum atomic E-state index is -0.863. The molecule has 14 heavy (non-hydrogen) atoms. The van der Waals surface area contributed by atoms with Crippen LogP contribution >= 0.6 is 27.3 Å². The zero-order chi connectivity index (χ0) is 10.8. The summed E-state index contributed by atoms with van der Waals surface area (Å²) in [6, 6.07) is 3.97. The molecule has 0 spiro atoms. The van der Waals surface area contributed by atoms with E-state index in [2.05, 4.69) is 15.9 Å². The first kappa shape index (κ1) is 12.4. The highest BCUT2D eigenvalue weighted by Gasteiger charge is 2.15. The highest BCUT2D eigenvalue weighted by molar-refractivity contribution is 9.11. The molecule has 0 aliphatic carbocycles. The van der Waals surface area contributed by atoms with Gasteiger partial charge in [-0.05, 0) is 41.9 Å². The van der Waals surface area contributed by atoms with Crippen molar-refractivity contribution in [3.8, 4) is 0 Å². The third-order valence-electron chi connectivity index (χ3n) is 1.47. The largest absolute Gasteiger partial charge is 0.325 e. The van der Waals surface area contributed by atoms with E-state index in [1.54, 1.807) is 11.3 Å². The predicted octanol–water partition coefficient (Wildman–Crippen LogP) is 2.50. The highest BCUT2D eigenvalue weighted by Crippen LogP contribution is 2.23. The molecule has 0 saturated heterocycles. The van der Waals surface area contributed by atoms with E-state index in [0.717, 1.165) is 8.66 Å². The fraction of sp³-hybridized carbons (Fsp3) is 0.556. The molecule has 0 aromatic carbocycles. The first-order valence-electron chi connectivity index (χ1n) is 4.25. The molecule has 1 unspecified atom stereocenters. The third-order valence-corrected chi connectivity index (χ3v) is 4.97. The maximum absolute atomic E-state index is 11.7. The Morgan fingerprint density at radius 3 is 2.64 bits per heavy atom. The molecule has 0 bridgehead atoms. The summed E-state index contributed by atoms with van der Waals surface area (Å²) in [5.74, 6) is 1.15. The van der Waals surface area contributed by atoms with E-state index >= 15 is 0 Å². The van der Waals surface area contributed by atoms with Crippen molar-refractivity contribution in [2.75, 3.05) is 5.75 Å². The first-order valence-corrected chi connectivity index (χ1v) is 7.35. The Balaban J connectivity index is 2.50. The fourth-order valence-corrected chi connectivity index (χ4v) is 4.31. The summed E-state index contributed by atoms with van der Waals surface area (Å²) >= 11 is 5.00. The Morgan fingerprint density at radius 2 is 2.21 bits per heavy atom. The minimum Gasteiger partial charge on any atom is -0.325 e. The van der Waals surface area contributed by atoms with Gasteiger partial charge in [0.25, 0.3) is 0 Å². The summed E-state index contributed by atoms with van der Waals surface area (Å²) in [6.45, 7) is 3.80. The van der Waals surface area contributed by atoms with Crippen LogP contribution in [0.3, 0.4) is 0 Å². The quantitative estimate of drug-likeness (QED) is 0.927. The number of hydrogen-bond donors (Lipinski definition) is 1. The topological polar surface area (TPSA) is 43.1 Å². The normalized spacial score (nSPS) is 14.3. The lowest BCUT2D eigenvalue weighted by Crippen LogP contribution is -2.38. The smallest absolute Gasteiger partial charge is 0.0701 e. The Labute approximate surface area is 99.5 Å². The van der Waals surface area contributed by atoms with Crippen LogP contribution in [0.25, 0.3) is 0 Å². The summed E-state index contributed by atoms with van der Waals surface area (Å²) < 4.78 is 12.7. The van der Waals surface area contributed by atoms with E-state index in [0.29, 0.717) is 11.5 Å². The number of thiophene rings is 1. The summed E-state index contributed by atoms with van der Waals surface area (Å²) in [7, 11) is -0.863. The zero-order valence-corrected chi connectivity index (χ0v) is 11.5. The van der Waals surface area contributed by atoms with Crippen molar-refractivity contribution < 1.29 is 4.21 Å². The van der Waals surface area contributed by atoms with Crippen LogP contribution in [0.1, 0.15) is 18.7 Å². The van der Waals surface area contributed by atoms with Gasteiger partial charge in [0, 0.05) is 27.0 Å². The minimum absolute atomic E-state index is 0.348. The van der Waals surface area contributed by atoms with Crippen LogP contribution in [-0.2, 0) is 16.6 Å². The van der Waals surface area contributed by atoms with E-state index in [4.69, 9.17) is 5.73 Å². The van der Waals surface area contributed by atoms with E-state index in [1.165, 1.54) is 0 Å². The van der Waals surface area contributed by atoms with E-state index < -0.39 is 10.8 Å². The fourth-order valence-electron chi connectivity index (χ4n) is 1.05. The molecular weight excluding hydrogens is 282 g/mol. The van der Waals surface area contributed by atoms with Crippen molar-refractivity contribution in [3.05, 3.63) is 20.8 Å². The van der Waals surface area contributed by atoms with Gasteiger partial charge in [0.1, 0.15) is 0 Å². The second-order valence-corrected chi connectivity index (χ2v) is 7.93. The molecule has 1 aromatic rings. The summed E-state index contributed by atoms with van der Waals surface area (Å²) in [5.41, 5.74) is 5.45.